The molecule has 0 aliphatic rings. The standard InChI is InChI=1S/C13H18F3N3OS/c1-3-21-10-6-4-5-9(11(10)12(17)18-20)19(2)8-7-13(14,15)16/h4-6,20H,3,7-8H2,1-2H3,(H2,17,18). The van der Waals surface area contributed by atoms with Gasteiger partial charge in [-0.15, -0.1) is 11.8 Å². The van der Waals surface area contributed by atoms with Crippen molar-refractivity contribution in [2.24, 2.45) is 10.9 Å². The fourth-order valence-corrected chi connectivity index (χ4v) is 2.68. The summed E-state index contributed by atoms with van der Waals surface area (Å²) in [5.74, 6) is 0.655. The maximum atomic E-state index is 12.3. The topological polar surface area (TPSA) is 61.8 Å². The van der Waals surface area contributed by atoms with Gasteiger partial charge in [-0.05, 0) is 17.9 Å². The molecular formula is C13H18F3N3OS. The highest BCUT2D eigenvalue weighted by Gasteiger charge is 2.28. The average molecular weight is 321 g/mol. The summed E-state index contributed by atoms with van der Waals surface area (Å²) < 4.78 is 37.0. The summed E-state index contributed by atoms with van der Waals surface area (Å²) >= 11 is 1.48. The third-order valence-corrected chi connectivity index (χ3v) is 3.75. The Kier molecular flexibility index (Phi) is 6.19. The van der Waals surface area contributed by atoms with Gasteiger partial charge in [0.25, 0.3) is 0 Å². The normalized spacial score (nSPS) is 12.5. The van der Waals surface area contributed by atoms with Crippen LogP contribution in [0.2, 0.25) is 0 Å². The van der Waals surface area contributed by atoms with E-state index in [-0.39, 0.29) is 12.4 Å². The van der Waals surface area contributed by atoms with Gasteiger partial charge in [-0.2, -0.15) is 13.2 Å². The second kappa shape index (κ2) is 7.44. The number of nitrogens with two attached hydrogens (primary N) is 1. The van der Waals surface area contributed by atoms with Crippen LogP contribution in [-0.4, -0.2) is 36.6 Å². The lowest BCUT2D eigenvalue weighted by atomic mass is 10.1. The van der Waals surface area contributed by atoms with Crippen LogP contribution in [0.4, 0.5) is 18.9 Å². The minimum absolute atomic E-state index is 0.111. The summed E-state index contributed by atoms with van der Waals surface area (Å²) in [5.41, 5.74) is 6.65. The zero-order chi connectivity index (χ0) is 16.0. The zero-order valence-corrected chi connectivity index (χ0v) is 12.6. The molecule has 0 spiro atoms. The predicted octanol–water partition coefficient (Wildman–Crippen LogP) is 3.28. The number of benzene rings is 1. The number of amidine groups is 1. The number of nitrogens with zero attached hydrogens (tertiary/aromatic N) is 2. The van der Waals surface area contributed by atoms with E-state index in [1.165, 1.54) is 16.7 Å². The molecule has 0 amide bonds. The SMILES string of the molecule is CCSc1cccc(N(C)CCC(F)(F)F)c1/C(N)=N/O. The van der Waals surface area contributed by atoms with Gasteiger partial charge in [0.2, 0.25) is 0 Å². The Morgan fingerprint density at radius 2 is 2.10 bits per heavy atom. The molecule has 1 aromatic carbocycles. The van der Waals surface area contributed by atoms with Crippen molar-refractivity contribution >= 4 is 23.3 Å². The quantitative estimate of drug-likeness (QED) is 0.277. The molecule has 0 unspecified atom stereocenters. The van der Waals surface area contributed by atoms with E-state index < -0.39 is 12.6 Å². The molecule has 0 saturated heterocycles. The van der Waals surface area contributed by atoms with Gasteiger partial charge >= 0.3 is 6.18 Å². The molecular weight excluding hydrogens is 303 g/mol. The smallest absolute Gasteiger partial charge is 0.390 e. The van der Waals surface area contributed by atoms with E-state index in [1.807, 2.05) is 6.92 Å². The van der Waals surface area contributed by atoms with Crippen LogP contribution in [0.15, 0.2) is 28.3 Å². The van der Waals surface area contributed by atoms with Gasteiger partial charge in [-0.25, -0.2) is 0 Å². The number of alkyl halides is 3. The van der Waals surface area contributed by atoms with Crippen LogP contribution in [0, 0.1) is 0 Å². The molecule has 0 heterocycles. The first-order valence-electron chi connectivity index (χ1n) is 6.31. The molecule has 8 heteroatoms. The van der Waals surface area contributed by atoms with E-state index in [1.54, 1.807) is 25.2 Å². The minimum Gasteiger partial charge on any atom is -0.409 e. The van der Waals surface area contributed by atoms with Crippen molar-refractivity contribution in [2.45, 2.75) is 24.4 Å². The highest BCUT2D eigenvalue weighted by Crippen LogP contribution is 2.31. The Hall–Kier alpha value is -1.57. The number of thioether (sulfide) groups is 1. The molecule has 118 valence electrons. The van der Waals surface area contributed by atoms with E-state index in [4.69, 9.17) is 10.9 Å². The van der Waals surface area contributed by atoms with Gasteiger partial charge in [-0.3, -0.25) is 0 Å². The molecule has 1 aromatic rings. The Morgan fingerprint density at radius 3 is 2.62 bits per heavy atom. The highest BCUT2D eigenvalue weighted by atomic mass is 32.2. The number of hydrogen-bond acceptors (Lipinski definition) is 4. The van der Waals surface area contributed by atoms with Crippen molar-refractivity contribution in [3.63, 3.8) is 0 Å². The maximum Gasteiger partial charge on any atom is 0.390 e. The third kappa shape index (κ3) is 5.04. The first-order valence-corrected chi connectivity index (χ1v) is 7.30. The van der Waals surface area contributed by atoms with E-state index >= 15 is 0 Å². The summed E-state index contributed by atoms with van der Waals surface area (Å²) in [6, 6.07) is 5.19. The fourth-order valence-electron chi connectivity index (χ4n) is 1.84. The Labute approximate surface area is 125 Å². The molecule has 0 radical (unpaired) electrons. The van der Waals surface area contributed by atoms with Crippen LogP contribution in [0.25, 0.3) is 0 Å². The molecule has 0 atom stereocenters. The summed E-state index contributed by atoms with van der Waals surface area (Å²) in [7, 11) is 1.55. The third-order valence-electron chi connectivity index (χ3n) is 2.81. The summed E-state index contributed by atoms with van der Waals surface area (Å²) in [5, 5.41) is 11.9. The van der Waals surface area contributed by atoms with Gasteiger partial charge in [0.05, 0.1) is 12.0 Å². The zero-order valence-electron chi connectivity index (χ0n) is 11.8. The first-order chi connectivity index (χ1) is 9.80. The molecule has 4 nitrogen and oxygen atoms in total. The van der Waals surface area contributed by atoms with Crippen LogP contribution in [0.1, 0.15) is 18.9 Å². The van der Waals surface area contributed by atoms with Crippen molar-refractivity contribution in [3.8, 4) is 0 Å². The molecule has 0 aliphatic heterocycles. The molecule has 1 rings (SSSR count). The van der Waals surface area contributed by atoms with Gasteiger partial charge in [0.15, 0.2) is 5.84 Å². The van der Waals surface area contributed by atoms with Crippen LogP contribution < -0.4 is 10.6 Å². The van der Waals surface area contributed by atoms with Gasteiger partial charge in [-0.1, -0.05) is 18.1 Å². The maximum absolute atomic E-state index is 12.3. The Morgan fingerprint density at radius 1 is 1.43 bits per heavy atom. The Bertz CT molecular complexity index is 506. The second-order valence-corrected chi connectivity index (χ2v) is 5.66. The lowest BCUT2D eigenvalue weighted by Gasteiger charge is -2.24. The number of hydrogen-bond donors (Lipinski definition) is 2. The van der Waals surface area contributed by atoms with Crippen molar-refractivity contribution in [1.82, 2.24) is 0 Å². The summed E-state index contributed by atoms with van der Waals surface area (Å²) in [4.78, 5) is 2.23. The summed E-state index contributed by atoms with van der Waals surface area (Å²) in [6.45, 7) is 1.75. The van der Waals surface area contributed by atoms with Gasteiger partial charge in [0, 0.05) is 24.2 Å². The van der Waals surface area contributed by atoms with Crippen LogP contribution >= 0.6 is 11.8 Å². The number of rotatable bonds is 6. The van der Waals surface area contributed by atoms with E-state index in [0.29, 0.717) is 11.3 Å². The van der Waals surface area contributed by atoms with E-state index in [0.717, 1.165) is 10.6 Å². The average Bonchev–Trinajstić information content (AvgIpc) is 2.43. The lowest BCUT2D eigenvalue weighted by Crippen LogP contribution is -2.27. The van der Waals surface area contributed by atoms with Crippen LogP contribution in [0.3, 0.4) is 0 Å². The number of oxime groups is 1. The lowest BCUT2D eigenvalue weighted by molar-refractivity contribution is -0.132. The minimum atomic E-state index is -4.22. The number of anilines is 1. The fraction of sp³-hybridized carbons (Fsp3) is 0.462. The summed E-state index contributed by atoms with van der Waals surface area (Å²) in [6.07, 6.45) is -5.15. The predicted molar refractivity (Wildman–Crippen MR) is 79.3 cm³/mol. The molecule has 0 aliphatic carbocycles. The first kappa shape index (κ1) is 17.5. The van der Waals surface area contributed by atoms with Crippen molar-refractivity contribution in [1.29, 1.82) is 0 Å². The van der Waals surface area contributed by atoms with Crippen molar-refractivity contribution < 1.29 is 18.4 Å². The Balaban J connectivity index is 3.13. The monoisotopic (exact) mass is 321 g/mol. The molecule has 0 bridgehead atoms. The van der Waals surface area contributed by atoms with Crippen molar-refractivity contribution in [2.75, 3.05) is 24.2 Å². The largest absolute Gasteiger partial charge is 0.409 e. The second-order valence-electron chi connectivity index (χ2n) is 4.36. The van der Waals surface area contributed by atoms with Crippen LogP contribution in [0.5, 0.6) is 0 Å². The van der Waals surface area contributed by atoms with Crippen LogP contribution in [-0.2, 0) is 0 Å². The molecule has 0 fully saturated rings. The van der Waals surface area contributed by atoms with Gasteiger partial charge in [0.1, 0.15) is 0 Å². The van der Waals surface area contributed by atoms with E-state index in [9.17, 15) is 13.2 Å². The molecule has 3 N–H and O–H groups in total. The molecule has 0 aromatic heterocycles. The molecule has 21 heavy (non-hydrogen) atoms. The number of halogens is 3. The van der Waals surface area contributed by atoms with Gasteiger partial charge < -0.3 is 15.8 Å². The highest BCUT2D eigenvalue weighted by molar-refractivity contribution is 7.99. The molecule has 0 saturated carbocycles. The van der Waals surface area contributed by atoms with E-state index in [2.05, 4.69) is 5.16 Å². The van der Waals surface area contributed by atoms with Crippen molar-refractivity contribution in [3.05, 3.63) is 23.8 Å².